The van der Waals surface area contributed by atoms with Crippen molar-refractivity contribution in [2.24, 2.45) is 5.92 Å². The van der Waals surface area contributed by atoms with Crippen molar-refractivity contribution in [2.45, 2.75) is 79.1 Å². The van der Waals surface area contributed by atoms with E-state index in [1.165, 1.54) is 25.4 Å². The summed E-state index contributed by atoms with van der Waals surface area (Å²) in [5, 5.41) is 10.6. The highest BCUT2D eigenvalue weighted by atomic mass is 16.6. The first-order valence-electron chi connectivity index (χ1n) is 11.1. The Morgan fingerprint density at radius 1 is 1.25 bits per heavy atom. The molecule has 2 N–H and O–H groups in total. The first-order valence-corrected chi connectivity index (χ1v) is 11.1. The zero-order valence-corrected chi connectivity index (χ0v) is 21.0. The van der Waals surface area contributed by atoms with E-state index in [2.05, 4.69) is 44.0 Å². The molecule has 2 rings (SSSR count). The van der Waals surface area contributed by atoms with Gasteiger partial charge in [-0.1, -0.05) is 41.9 Å². The number of aromatic nitrogens is 1. The molecule has 1 aliphatic rings. The maximum absolute atomic E-state index is 12.5. The van der Waals surface area contributed by atoms with Gasteiger partial charge in [0.25, 0.3) is 0 Å². The Labute approximate surface area is 192 Å². The number of ether oxygens (including phenoxy) is 3. The molecule has 0 bridgehead atoms. The van der Waals surface area contributed by atoms with E-state index in [4.69, 9.17) is 14.2 Å². The van der Waals surface area contributed by atoms with Gasteiger partial charge < -0.3 is 24.3 Å². The predicted octanol–water partition coefficient (Wildman–Crippen LogP) is 4.65. The summed E-state index contributed by atoms with van der Waals surface area (Å²) >= 11 is 0. The van der Waals surface area contributed by atoms with E-state index >= 15 is 0 Å². The summed E-state index contributed by atoms with van der Waals surface area (Å²) < 4.78 is 16.0. The fraction of sp³-hybridized carbons (Fsp3) is 0.577. The molecule has 1 saturated heterocycles. The lowest BCUT2D eigenvalue weighted by Gasteiger charge is -2.20. The Morgan fingerprint density at radius 2 is 1.88 bits per heavy atom. The molecule has 2 heterocycles. The van der Waals surface area contributed by atoms with Crippen molar-refractivity contribution in [1.29, 1.82) is 0 Å². The zero-order valence-electron chi connectivity index (χ0n) is 21.0. The highest BCUT2D eigenvalue weighted by molar-refractivity contribution is 5.40. The molecule has 0 radical (unpaired) electrons. The lowest BCUT2D eigenvalue weighted by molar-refractivity contribution is 0.0564. The summed E-state index contributed by atoms with van der Waals surface area (Å²) in [5.41, 5.74) is 4.43. The number of hydrogen-bond acceptors (Lipinski definition) is 5. The van der Waals surface area contributed by atoms with Crippen LogP contribution in [0.2, 0.25) is 0 Å². The molecule has 6 nitrogen and oxygen atoms in total. The molecule has 178 valence electrons. The van der Waals surface area contributed by atoms with Crippen LogP contribution in [0.3, 0.4) is 0 Å². The maximum Gasteiger partial charge on any atom is 0.238 e. The molecule has 0 aliphatic carbocycles. The molecular formula is C26H39NO5. The summed E-state index contributed by atoms with van der Waals surface area (Å²) in [6.07, 6.45) is 7.40. The lowest BCUT2D eigenvalue weighted by atomic mass is 9.89. The summed E-state index contributed by atoms with van der Waals surface area (Å²) in [5.74, 6) is 0.555. The van der Waals surface area contributed by atoms with Crippen molar-refractivity contribution in [1.82, 2.24) is 4.98 Å². The van der Waals surface area contributed by atoms with Crippen molar-refractivity contribution in [3.8, 4) is 11.6 Å². The molecule has 6 heteroatoms. The average Bonchev–Trinajstić information content (AvgIpc) is 3.35. The number of H-pyrrole nitrogens is 1. The Bertz CT molecular complexity index is 971. The summed E-state index contributed by atoms with van der Waals surface area (Å²) in [6, 6.07) is 0. The highest BCUT2D eigenvalue weighted by Gasteiger charge is 2.55. The van der Waals surface area contributed by atoms with Crippen molar-refractivity contribution >= 4 is 0 Å². The van der Waals surface area contributed by atoms with Gasteiger partial charge in [-0.25, -0.2) is 0 Å². The van der Waals surface area contributed by atoms with Gasteiger partial charge in [0, 0.05) is 23.6 Å². The minimum Gasteiger partial charge on any atom is -0.488 e. The molecule has 1 aliphatic heterocycles. The Hall–Kier alpha value is -2.31. The monoisotopic (exact) mass is 445 g/mol. The second-order valence-electron chi connectivity index (χ2n) is 9.20. The minimum atomic E-state index is -0.519. The average molecular weight is 446 g/mol. The molecule has 0 saturated carbocycles. The number of allylic oxidation sites excluding steroid dienone is 5. The molecule has 4 atom stereocenters. The van der Waals surface area contributed by atoms with Crippen molar-refractivity contribution < 1.29 is 19.3 Å². The van der Waals surface area contributed by atoms with E-state index in [9.17, 15) is 9.90 Å². The first-order chi connectivity index (χ1) is 14.9. The van der Waals surface area contributed by atoms with Gasteiger partial charge in [-0.3, -0.25) is 4.79 Å². The largest absolute Gasteiger partial charge is 0.488 e. The predicted molar refractivity (Wildman–Crippen MR) is 129 cm³/mol. The fourth-order valence-electron chi connectivity index (χ4n) is 4.19. The smallest absolute Gasteiger partial charge is 0.238 e. The fourth-order valence-corrected chi connectivity index (χ4v) is 4.19. The van der Waals surface area contributed by atoms with Crippen LogP contribution in [0.15, 0.2) is 39.7 Å². The Balaban J connectivity index is 2.05. The molecule has 1 fully saturated rings. The number of pyridine rings is 1. The molecule has 1 aromatic heterocycles. The third-order valence-corrected chi connectivity index (χ3v) is 6.36. The van der Waals surface area contributed by atoms with Gasteiger partial charge in [0.2, 0.25) is 17.1 Å². The molecule has 0 amide bonds. The number of methoxy groups -OCH3 is 2. The summed E-state index contributed by atoms with van der Waals surface area (Å²) in [6.45, 7) is 14.0. The second-order valence-corrected chi connectivity index (χ2v) is 9.20. The van der Waals surface area contributed by atoms with Crippen LogP contribution in [0.5, 0.6) is 11.6 Å². The van der Waals surface area contributed by atoms with Gasteiger partial charge in [0.1, 0.15) is 5.60 Å². The minimum absolute atomic E-state index is 0.00971. The quantitative estimate of drug-likeness (QED) is 0.311. The SMILES string of the molecule is COc1[nH]c(CC=C(C)CC(C)=CC(C)=CC(C)C(O)C2(C)OC2C)c(C)c(=O)c1OC. The van der Waals surface area contributed by atoms with E-state index in [0.717, 1.165) is 17.7 Å². The molecule has 32 heavy (non-hydrogen) atoms. The van der Waals surface area contributed by atoms with Gasteiger partial charge in [0.15, 0.2) is 0 Å². The van der Waals surface area contributed by atoms with Crippen LogP contribution in [0.25, 0.3) is 0 Å². The van der Waals surface area contributed by atoms with Gasteiger partial charge >= 0.3 is 0 Å². The van der Waals surface area contributed by atoms with Gasteiger partial charge in [-0.2, -0.15) is 0 Å². The number of epoxide rings is 1. The number of aliphatic hydroxyl groups excluding tert-OH is 1. The van der Waals surface area contributed by atoms with E-state index in [1.54, 1.807) is 6.92 Å². The van der Waals surface area contributed by atoms with E-state index < -0.39 is 11.7 Å². The van der Waals surface area contributed by atoms with Crippen LogP contribution in [0.1, 0.15) is 59.2 Å². The van der Waals surface area contributed by atoms with Crippen LogP contribution in [-0.2, 0) is 11.2 Å². The number of aromatic amines is 1. The number of rotatable bonds is 10. The number of nitrogens with one attached hydrogen (secondary N) is 1. The molecule has 0 aromatic carbocycles. The maximum atomic E-state index is 12.5. The van der Waals surface area contributed by atoms with Crippen molar-refractivity contribution in [3.05, 3.63) is 56.4 Å². The normalized spacial score (nSPS) is 23.7. The standard InChI is InChI=1S/C26H39NO5/c1-15(10-11-21-19(5)22(28)23(30-8)25(27-21)31-9)12-16(2)13-17(3)14-18(4)24(29)26(7)20(6)32-26/h10,13-14,18,20,24,29H,11-12H2,1-9H3,(H,27,28). The molecule has 1 aromatic rings. The van der Waals surface area contributed by atoms with Crippen molar-refractivity contribution in [3.63, 3.8) is 0 Å². The number of hydrogen-bond donors (Lipinski definition) is 2. The van der Waals surface area contributed by atoms with Crippen LogP contribution < -0.4 is 14.9 Å². The first kappa shape index (κ1) is 25.9. The van der Waals surface area contributed by atoms with Crippen molar-refractivity contribution in [2.75, 3.05) is 14.2 Å². The van der Waals surface area contributed by atoms with E-state index in [0.29, 0.717) is 17.9 Å². The van der Waals surface area contributed by atoms with Crippen LogP contribution in [0.4, 0.5) is 0 Å². The van der Waals surface area contributed by atoms with Crippen LogP contribution in [0, 0.1) is 12.8 Å². The number of aliphatic hydroxyl groups is 1. The Kier molecular flexibility index (Phi) is 8.54. The van der Waals surface area contributed by atoms with E-state index in [1.807, 2.05) is 20.8 Å². The highest BCUT2D eigenvalue weighted by Crippen LogP contribution is 2.41. The molecular weight excluding hydrogens is 406 g/mol. The topological polar surface area (TPSA) is 84.1 Å². The third kappa shape index (κ3) is 5.93. The second kappa shape index (κ2) is 10.5. The third-order valence-electron chi connectivity index (χ3n) is 6.36. The van der Waals surface area contributed by atoms with E-state index in [-0.39, 0.29) is 23.2 Å². The van der Waals surface area contributed by atoms with Crippen LogP contribution in [-0.4, -0.2) is 42.1 Å². The van der Waals surface area contributed by atoms with Gasteiger partial charge in [-0.05, 0) is 48.0 Å². The zero-order chi connectivity index (χ0) is 24.2. The van der Waals surface area contributed by atoms with Gasteiger partial charge in [-0.15, -0.1) is 0 Å². The lowest BCUT2D eigenvalue weighted by Crippen LogP contribution is -2.33. The van der Waals surface area contributed by atoms with Crippen LogP contribution >= 0.6 is 0 Å². The molecule has 4 unspecified atom stereocenters. The molecule has 0 spiro atoms. The summed E-state index contributed by atoms with van der Waals surface area (Å²) in [4.78, 5) is 15.6. The Morgan fingerprint density at radius 3 is 2.41 bits per heavy atom. The van der Waals surface area contributed by atoms with Gasteiger partial charge in [0.05, 0.1) is 26.4 Å². The summed E-state index contributed by atoms with van der Waals surface area (Å²) in [7, 11) is 2.97.